The monoisotopic (exact) mass is 289 g/mol. The largest absolute Gasteiger partial charge is 0.484 e. The van der Waals surface area contributed by atoms with Gasteiger partial charge in [0.05, 0.1) is 0 Å². The van der Waals surface area contributed by atoms with Crippen LogP contribution in [-0.4, -0.2) is 35.3 Å². The van der Waals surface area contributed by atoms with Crippen LogP contribution in [0.3, 0.4) is 0 Å². The lowest BCUT2D eigenvalue weighted by Crippen LogP contribution is -2.49. The fourth-order valence-electron chi connectivity index (χ4n) is 2.94. The summed E-state index contributed by atoms with van der Waals surface area (Å²) in [5, 5.41) is 0. The summed E-state index contributed by atoms with van der Waals surface area (Å²) in [6.45, 7) is 5.71. The Labute approximate surface area is 126 Å². The van der Waals surface area contributed by atoms with Gasteiger partial charge in [0.25, 0.3) is 5.91 Å². The molecule has 21 heavy (non-hydrogen) atoms. The van der Waals surface area contributed by atoms with Gasteiger partial charge in [-0.2, -0.15) is 0 Å². The van der Waals surface area contributed by atoms with Crippen molar-refractivity contribution in [3.63, 3.8) is 0 Å². The van der Waals surface area contributed by atoms with Gasteiger partial charge in [-0.3, -0.25) is 9.59 Å². The van der Waals surface area contributed by atoms with Crippen LogP contribution in [0.25, 0.3) is 0 Å². The number of hydrogen-bond acceptors (Lipinski definition) is 3. The summed E-state index contributed by atoms with van der Waals surface area (Å²) in [7, 11) is 0. The zero-order valence-electron chi connectivity index (χ0n) is 13.0. The smallest absolute Gasteiger partial charge is 0.260 e. The van der Waals surface area contributed by atoms with E-state index in [9.17, 15) is 9.59 Å². The third-order valence-electron chi connectivity index (χ3n) is 4.08. The van der Waals surface area contributed by atoms with E-state index in [1.54, 1.807) is 24.3 Å². The molecule has 0 aliphatic carbocycles. The van der Waals surface area contributed by atoms with Crippen molar-refractivity contribution in [3.8, 4) is 5.75 Å². The molecule has 1 fully saturated rings. The van der Waals surface area contributed by atoms with Crippen molar-refractivity contribution < 1.29 is 14.3 Å². The van der Waals surface area contributed by atoms with Gasteiger partial charge in [-0.05, 0) is 52.2 Å². The van der Waals surface area contributed by atoms with E-state index in [-0.39, 0.29) is 30.4 Å². The van der Waals surface area contributed by atoms with Gasteiger partial charge in [0.1, 0.15) is 5.75 Å². The molecule has 0 N–H and O–H groups in total. The quantitative estimate of drug-likeness (QED) is 0.800. The Kier molecular flexibility index (Phi) is 4.99. The number of ketones is 1. The number of carbonyl (C=O) groups is 2. The van der Waals surface area contributed by atoms with Crippen molar-refractivity contribution in [2.45, 2.75) is 52.1 Å². The average Bonchev–Trinajstić information content (AvgIpc) is 2.45. The highest BCUT2D eigenvalue weighted by Crippen LogP contribution is 2.23. The molecule has 0 spiro atoms. The summed E-state index contributed by atoms with van der Waals surface area (Å²) in [6, 6.07) is 7.50. The zero-order valence-corrected chi connectivity index (χ0v) is 13.0. The minimum Gasteiger partial charge on any atom is -0.484 e. The molecular formula is C17H23NO3. The van der Waals surface area contributed by atoms with Gasteiger partial charge in [-0.15, -0.1) is 0 Å². The maximum absolute atomic E-state index is 12.3. The van der Waals surface area contributed by atoms with Gasteiger partial charge in [-0.25, -0.2) is 0 Å². The lowest BCUT2D eigenvalue weighted by Gasteiger charge is -2.38. The first-order valence-electron chi connectivity index (χ1n) is 7.54. The van der Waals surface area contributed by atoms with E-state index in [0.717, 1.165) is 12.8 Å². The maximum atomic E-state index is 12.3. The second-order valence-electron chi connectivity index (χ2n) is 5.80. The van der Waals surface area contributed by atoms with E-state index >= 15 is 0 Å². The minimum atomic E-state index is -0.00921. The van der Waals surface area contributed by atoms with Gasteiger partial charge >= 0.3 is 0 Å². The van der Waals surface area contributed by atoms with Gasteiger partial charge in [0.2, 0.25) is 0 Å². The SMILES string of the molecule is CC(=O)c1cccc(OCC(=O)N2C(C)CCCC2C)c1. The number of carbonyl (C=O) groups excluding carboxylic acids is 2. The van der Waals surface area contributed by atoms with Crippen LogP contribution in [0.2, 0.25) is 0 Å². The van der Waals surface area contributed by atoms with Crippen LogP contribution in [0.15, 0.2) is 24.3 Å². The minimum absolute atomic E-state index is 0.00921. The summed E-state index contributed by atoms with van der Waals surface area (Å²) in [5.74, 6) is 0.571. The Bertz CT molecular complexity index is 517. The Morgan fingerprint density at radius 2 is 1.90 bits per heavy atom. The van der Waals surface area contributed by atoms with Gasteiger partial charge in [0, 0.05) is 17.6 Å². The molecule has 1 aliphatic heterocycles. The Balaban J connectivity index is 1.97. The molecule has 1 heterocycles. The van der Waals surface area contributed by atoms with E-state index in [2.05, 4.69) is 13.8 Å². The predicted molar refractivity (Wildman–Crippen MR) is 81.6 cm³/mol. The molecule has 1 amide bonds. The number of hydrogen-bond donors (Lipinski definition) is 0. The normalized spacial score (nSPS) is 22.0. The number of amides is 1. The second kappa shape index (κ2) is 6.74. The molecule has 4 nitrogen and oxygen atoms in total. The van der Waals surface area contributed by atoms with Gasteiger partial charge < -0.3 is 9.64 Å². The number of benzene rings is 1. The summed E-state index contributed by atoms with van der Waals surface area (Å²) in [4.78, 5) is 25.6. The zero-order chi connectivity index (χ0) is 15.4. The highest BCUT2D eigenvalue weighted by Gasteiger charge is 2.28. The van der Waals surface area contributed by atoms with E-state index < -0.39 is 0 Å². The summed E-state index contributed by atoms with van der Waals surface area (Å²) in [5.41, 5.74) is 0.597. The van der Waals surface area contributed by atoms with Crippen LogP contribution in [0.5, 0.6) is 5.75 Å². The first-order chi connectivity index (χ1) is 9.99. The fraction of sp³-hybridized carbons (Fsp3) is 0.529. The van der Waals surface area contributed by atoms with Crippen molar-refractivity contribution in [3.05, 3.63) is 29.8 Å². The molecular weight excluding hydrogens is 266 g/mol. The van der Waals surface area contributed by atoms with Crippen molar-refractivity contribution in [1.29, 1.82) is 0 Å². The van der Waals surface area contributed by atoms with Crippen molar-refractivity contribution in [1.82, 2.24) is 4.90 Å². The van der Waals surface area contributed by atoms with Crippen LogP contribution in [0.1, 0.15) is 50.4 Å². The fourth-order valence-corrected chi connectivity index (χ4v) is 2.94. The van der Waals surface area contributed by atoms with Crippen LogP contribution >= 0.6 is 0 Å². The molecule has 0 aromatic heterocycles. The lowest BCUT2D eigenvalue weighted by atomic mass is 9.97. The van der Waals surface area contributed by atoms with Crippen molar-refractivity contribution >= 4 is 11.7 Å². The molecule has 2 rings (SSSR count). The molecule has 2 unspecified atom stereocenters. The maximum Gasteiger partial charge on any atom is 0.260 e. The van der Waals surface area contributed by atoms with E-state index in [1.807, 2.05) is 4.90 Å². The third kappa shape index (κ3) is 3.84. The second-order valence-corrected chi connectivity index (χ2v) is 5.80. The highest BCUT2D eigenvalue weighted by atomic mass is 16.5. The summed E-state index contributed by atoms with van der Waals surface area (Å²) < 4.78 is 5.57. The van der Waals surface area contributed by atoms with E-state index in [4.69, 9.17) is 4.74 Å². The van der Waals surface area contributed by atoms with Crippen LogP contribution in [0, 0.1) is 0 Å². The molecule has 1 aromatic carbocycles. The van der Waals surface area contributed by atoms with E-state index in [1.165, 1.54) is 13.3 Å². The van der Waals surface area contributed by atoms with Gasteiger partial charge in [-0.1, -0.05) is 12.1 Å². The Morgan fingerprint density at radius 3 is 2.52 bits per heavy atom. The van der Waals surface area contributed by atoms with Gasteiger partial charge in [0.15, 0.2) is 12.4 Å². The van der Waals surface area contributed by atoms with Crippen LogP contribution in [0.4, 0.5) is 0 Å². The molecule has 1 saturated heterocycles. The summed E-state index contributed by atoms with van der Waals surface area (Å²) >= 11 is 0. The molecule has 0 saturated carbocycles. The molecule has 1 aliphatic rings. The number of ether oxygens (including phenoxy) is 1. The number of nitrogens with zero attached hydrogens (tertiary/aromatic N) is 1. The molecule has 4 heteroatoms. The van der Waals surface area contributed by atoms with Crippen molar-refractivity contribution in [2.75, 3.05) is 6.61 Å². The topological polar surface area (TPSA) is 46.6 Å². The van der Waals surface area contributed by atoms with Crippen LogP contribution < -0.4 is 4.74 Å². The first-order valence-corrected chi connectivity index (χ1v) is 7.54. The number of Topliss-reactive ketones (excluding diaryl/α,β-unsaturated/α-hetero) is 1. The first kappa shape index (κ1) is 15.5. The molecule has 114 valence electrons. The molecule has 0 radical (unpaired) electrons. The predicted octanol–water partition coefficient (Wildman–Crippen LogP) is 3.06. The Morgan fingerprint density at radius 1 is 1.24 bits per heavy atom. The summed E-state index contributed by atoms with van der Waals surface area (Å²) in [6.07, 6.45) is 3.28. The highest BCUT2D eigenvalue weighted by molar-refractivity contribution is 5.94. The third-order valence-corrected chi connectivity index (χ3v) is 4.08. The van der Waals surface area contributed by atoms with Crippen LogP contribution in [-0.2, 0) is 4.79 Å². The Hall–Kier alpha value is -1.84. The molecule has 2 atom stereocenters. The average molecular weight is 289 g/mol. The lowest BCUT2D eigenvalue weighted by molar-refractivity contribution is -0.139. The van der Waals surface area contributed by atoms with E-state index in [0.29, 0.717) is 11.3 Å². The number of piperidine rings is 1. The number of rotatable bonds is 4. The van der Waals surface area contributed by atoms with Crippen molar-refractivity contribution in [2.24, 2.45) is 0 Å². The molecule has 0 bridgehead atoms. The standard InChI is InChI=1S/C17H23NO3/c1-12-6-4-7-13(2)18(12)17(20)11-21-16-9-5-8-15(10-16)14(3)19/h5,8-10,12-13H,4,6-7,11H2,1-3H3. The molecule has 1 aromatic rings. The number of likely N-dealkylation sites (tertiary alicyclic amines) is 1.